The molecule has 0 aliphatic rings. The summed E-state index contributed by atoms with van der Waals surface area (Å²) in [6.07, 6.45) is 0. The normalized spacial score (nSPS) is 9.76. The Labute approximate surface area is 97.8 Å². The number of nitrogens with one attached hydrogen (secondary N) is 1. The van der Waals surface area contributed by atoms with Crippen LogP contribution < -0.4 is 10.2 Å². The molecule has 0 spiro atoms. The maximum absolute atomic E-state index is 13.4. The number of urea groups is 1. The van der Waals surface area contributed by atoms with Crippen LogP contribution in [-0.2, 0) is 4.79 Å². The van der Waals surface area contributed by atoms with Crippen LogP contribution >= 0.6 is 0 Å². The first-order chi connectivity index (χ1) is 8.06. The fourth-order valence-electron chi connectivity index (χ4n) is 1.34. The van der Waals surface area contributed by atoms with Crippen molar-refractivity contribution >= 4 is 17.7 Å². The molecular weight excluding hydrogens is 227 g/mol. The van der Waals surface area contributed by atoms with E-state index in [2.05, 4.69) is 5.32 Å². The van der Waals surface area contributed by atoms with E-state index in [1.54, 1.807) is 13.0 Å². The zero-order valence-corrected chi connectivity index (χ0v) is 9.31. The second-order valence-electron chi connectivity index (χ2n) is 3.25. The number of carboxylic acids is 1. The number of benzene rings is 1. The molecule has 0 saturated heterocycles. The molecule has 1 rings (SSSR count). The van der Waals surface area contributed by atoms with Crippen molar-refractivity contribution < 1.29 is 19.1 Å². The molecule has 0 atom stereocenters. The summed E-state index contributed by atoms with van der Waals surface area (Å²) >= 11 is 0. The Morgan fingerprint density at radius 3 is 2.59 bits per heavy atom. The molecule has 0 fully saturated rings. The summed E-state index contributed by atoms with van der Waals surface area (Å²) in [5, 5.41) is 10.6. The molecule has 5 nitrogen and oxygen atoms in total. The summed E-state index contributed by atoms with van der Waals surface area (Å²) in [6.45, 7) is 1.42. The van der Waals surface area contributed by atoms with Gasteiger partial charge in [-0.25, -0.2) is 9.18 Å². The quantitative estimate of drug-likeness (QED) is 0.836. The van der Waals surface area contributed by atoms with E-state index in [-0.39, 0.29) is 12.2 Å². The highest BCUT2D eigenvalue weighted by molar-refractivity contribution is 5.93. The average Bonchev–Trinajstić information content (AvgIpc) is 2.30. The van der Waals surface area contributed by atoms with Crippen molar-refractivity contribution in [1.29, 1.82) is 0 Å². The fourth-order valence-corrected chi connectivity index (χ4v) is 1.34. The lowest BCUT2D eigenvalue weighted by Gasteiger charge is -2.21. The van der Waals surface area contributed by atoms with E-state index >= 15 is 0 Å². The van der Waals surface area contributed by atoms with E-state index in [1.807, 2.05) is 0 Å². The summed E-state index contributed by atoms with van der Waals surface area (Å²) in [6, 6.07) is 5.18. The number of nitrogens with zero attached hydrogens (tertiary/aromatic N) is 1. The summed E-state index contributed by atoms with van der Waals surface area (Å²) in [7, 11) is 0. The zero-order chi connectivity index (χ0) is 12.8. The van der Waals surface area contributed by atoms with Crippen molar-refractivity contribution in [3.05, 3.63) is 30.1 Å². The van der Waals surface area contributed by atoms with Crippen molar-refractivity contribution in [2.24, 2.45) is 0 Å². The van der Waals surface area contributed by atoms with E-state index in [1.165, 1.54) is 18.2 Å². The minimum Gasteiger partial charge on any atom is -0.480 e. The molecule has 0 saturated carbocycles. The van der Waals surface area contributed by atoms with Crippen LogP contribution in [0.15, 0.2) is 24.3 Å². The number of hydrogen-bond donors (Lipinski definition) is 2. The van der Waals surface area contributed by atoms with Gasteiger partial charge in [-0.3, -0.25) is 9.69 Å². The molecule has 0 radical (unpaired) electrons. The SMILES string of the molecule is CCN(C(=O)NCC(=O)O)c1ccccc1F. The maximum atomic E-state index is 13.4. The van der Waals surface area contributed by atoms with E-state index in [9.17, 15) is 14.0 Å². The molecule has 2 amide bonds. The minimum absolute atomic E-state index is 0.123. The molecular formula is C11H13FN2O3. The van der Waals surface area contributed by atoms with E-state index in [0.717, 1.165) is 4.90 Å². The molecule has 6 heteroatoms. The second-order valence-corrected chi connectivity index (χ2v) is 3.25. The molecule has 17 heavy (non-hydrogen) atoms. The fraction of sp³-hybridized carbons (Fsp3) is 0.273. The van der Waals surface area contributed by atoms with Gasteiger partial charge < -0.3 is 10.4 Å². The van der Waals surface area contributed by atoms with Crippen molar-refractivity contribution in [1.82, 2.24) is 5.32 Å². The summed E-state index contributed by atoms with van der Waals surface area (Å²) in [5.41, 5.74) is 0.123. The number of halogens is 1. The van der Waals surface area contributed by atoms with Crippen molar-refractivity contribution in [2.45, 2.75) is 6.92 Å². The van der Waals surface area contributed by atoms with Crippen LogP contribution in [0.25, 0.3) is 0 Å². The third-order valence-corrected chi connectivity index (χ3v) is 2.10. The first-order valence-corrected chi connectivity index (χ1v) is 5.08. The van der Waals surface area contributed by atoms with Crippen LogP contribution in [0.1, 0.15) is 6.92 Å². The summed E-state index contributed by atoms with van der Waals surface area (Å²) in [4.78, 5) is 23.1. The number of rotatable bonds is 4. The van der Waals surface area contributed by atoms with Gasteiger partial charge in [0.15, 0.2) is 0 Å². The van der Waals surface area contributed by atoms with Gasteiger partial charge in [0, 0.05) is 6.54 Å². The third kappa shape index (κ3) is 3.44. The first-order valence-electron chi connectivity index (χ1n) is 5.08. The lowest BCUT2D eigenvalue weighted by Crippen LogP contribution is -2.42. The van der Waals surface area contributed by atoms with Gasteiger partial charge in [0.2, 0.25) is 0 Å². The molecule has 92 valence electrons. The van der Waals surface area contributed by atoms with Gasteiger partial charge in [-0.2, -0.15) is 0 Å². The average molecular weight is 240 g/mol. The molecule has 0 unspecified atom stereocenters. The van der Waals surface area contributed by atoms with Gasteiger partial charge in [0.1, 0.15) is 12.4 Å². The first kappa shape index (κ1) is 13.0. The zero-order valence-electron chi connectivity index (χ0n) is 9.31. The van der Waals surface area contributed by atoms with E-state index in [0.29, 0.717) is 0 Å². The predicted molar refractivity (Wildman–Crippen MR) is 60.5 cm³/mol. The Hall–Kier alpha value is -2.11. The highest BCUT2D eigenvalue weighted by Crippen LogP contribution is 2.18. The Bertz CT molecular complexity index is 423. The Morgan fingerprint density at radius 1 is 1.41 bits per heavy atom. The lowest BCUT2D eigenvalue weighted by atomic mass is 10.3. The van der Waals surface area contributed by atoms with Gasteiger partial charge in [0.05, 0.1) is 5.69 Å². The lowest BCUT2D eigenvalue weighted by molar-refractivity contribution is -0.135. The van der Waals surface area contributed by atoms with Crippen molar-refractivity contribution in [3.8, 4) is 0 Å². The largest absolute Gasteiger partial charge is 0.480 e. The molecule has 0 aliphatic heterocycles. The van der Waals surface area contributed by atoms with Crippen molar-refractivity contribution in [2.75, 3.05) is 18.0 Å². The smallest absolute Gasteiger partial charge is 0.323 e. The topological polar surface area (TPSA) is 69.6 Å². The number of amides is 2. The molecule has 0 heterocycles. The van der Waals surface area contributed by atoms with Gasteiger partial charge in [0.25, 0.3) is 0 Å². The Balaban J connectivity index is 2.81. The summed E-state index contributed by atoms with van der Waals surface area (Å²) < 4.78 is 13.4. The number of para-hydroxylation sites is 1. The van der Waals surface area contributed by atoms with Gasteiger partial charge in [-0.05, 0) is 19.1 Å². The van der Waals surface area contributed by atoms with Gasteiger partial charge >= 0.3 is 12.0 Å². The Morgan fingerprint density at radius 2 is 2.06 bits per heavy atom. The molecule has 1 aromatic rings. The van der Waals surface area contributed by atoms with Gasteiger partial charge in [-0.15, -0.1) is 0 Å². The molecule has 2 N–H and O–H groups in total. The maximum Gasteiger partial charge on any atom is 0.323 e. The van der Waals surface area contributed by atoms with E-state index in [4.69, 9.17) is 5.11 Å². The molecule has 1 aromatic carbocycles. The molecule has 0 aliphatic carbocycles. The van der Waals surface area contributed by atoms with Crippen LogP contribution in [0.5, 0.6) is 0 Å². The highest BCUT2D eigenvalue weighted by Gasteiger charge is 2.17. The van der Waals surface area contributed by atoms with Crippen LogP contribution in [0, 0.1) is 5.82 Å². The number of aliphatic carboxylic acids is 1. The second kappa shape index (κ2) is 5.83. The number of anilines is 1. The number of carbonyl (C=O) groups excluding carboxylic acids is 1. The molecule has 0 aromatic heterocycles. The van der Waals surface area contributed by atoms with Crippen LogP contribution in [0.2, 0.25) is 0 Å². The van der Waals surface area contributed by atoms with Gasteiger partial charge in [-0.1, -0.05) is 12.1 Å². The number of carboxylic acid groups (broad SMARTS) is 1. The molecule has 0 bridgehead atoms. The van der Waals surface area contributed by atoms with E-state index < -0.39 is 24.4 Å². The predicted octanol–water partition coefficient (Wildman–Crippen LogP) is 1.45. The van der Waals surface area contributed by atoms with Crippen LogP contribution in [-0.4, -0.2) is 30.2 Å². The van der Waals surface area contributed by atoms with Crippen LogP contribution in [0.4, 0.5) is 14.9 Å². The Kier molecular flexibility index (Phi) is 4.45. The highest BCUT2D eigenvalue weighted by atomic mass is 19.1. The minimum atomic E-state index is -1.15. The number of hydrogen-bond acceptors (Lipinski definition) is 2. The standard InChI is InChI=1S/C11H13FN2O3/c1-2-14(11(17)13-7-10(15)16)9-6-4-3-5-8(9)12/h3-6H,2,7H2,1H3,(H,13,17)(H,15,16). The summed E-state index contributed by atoms with van der Waals surface area (Å²) in [5.74, 6) is -1.68. The van der Waals surface area contributed by atoms with Crippen molar-refractivity contribution in [3.63, 3.8) is 0 Å². The number of carbonyl (C=O) groups is 2. The third-order valence-electron chi connectivity index (χ3n) is 2.10. The van der Waals surface area contributed by atoms with Crippen LogP contribution in [0.3, 0.4) is 0 Å². The monoisotopic (exact) mass is 240 g/mol.